The first kappa shape index (κ1) is 21.5. The summed E-state index contributed by atoms with van der Waals surface area (Å²) in [4.78, 5) is 37.2. The standard InChI is InChI=1S/C18H13FN8O3S2/c19-10-1-3-11(4-2-10)31-17-15(24-13(7-20-17)32-18-21-9-22-25-18)16(30)23-12-5-6-27(26-12)8-14(28)29/h1-7,9H,8H2,(H,28,29)(H,21,22,25)(H,23,26,30). The van der Waals surface area contributed by atoms with Crippen molar-refractivity contribution in [2.75, 3.05) is 5.32 Å². The molecule has 0 spiro atoms. The number of carbonyl (C=O) groups is 2. The number of amides is 1. The third kappa shape index (κ3) is 5.47. The Morgan fingerprint density at radius 1 is 1.16 bits per heavy atom. The number of rotatable bonds is 8. The highest BCUT2D eigenvalue weighted by Gasteiger charge is 2.19. The van der Waals surface area contributed by atoms with Gasteiger partial charge < -0.3 is 10.4 Å². The Morgan fingerprint density at radius 2 is 1.97 bits per heavy atom. The highest BCUT2D eigenvalue weighted by Crippen LogP contribution is 2.31. The van der Waals surface area contributed by atoms with E-state index < -0.39 is 11.9 Å². The fourth-order valence-corrected chi connectivity index (χ4v) is 3.90. The number of aliphatic carboxylic acids is 1. The zero-order valence-electron chi connectivity index (χ0n) is 16.0. The van der Waals surface area contributed by atoms with Crippen molar-refractivity contribution < 1.29 is 19.1 Å². The van der Waals surface area contributed by atoms with Crippen molar-refractivity contribution in [1.29, 1.82) is 0 Å². The Morgan fingerprint density at radius 3 is 2.69 bits per heavy atom. The SMILES string of the molecule is O=C(O)Cn1ccc(NC(=O)c2nc(Sc3ncn[nH]3)cnc2Sc2ccc(F)cc2)n1. The van der Waals surface area contributed by atoms with Crippen LogP contribution in [0.4, 0.5) is 10.2 Å². The van der Waals surface area contributed by atoms with E-state index in [1.165, 1.54) is 41.6 Å². The maximum absolute atomic E-state index is 13.2. The molecule has 0 aliphatic carbocycles. The maximum Gasteiger partial charge on any atom is 0.325 e. The lowest BCUT2D eigenvalue weighted by molar-refractivity contribution is -0.137. The summed E-state index contributed by atoms with van der Waals surface area (Å²) in [5, 5.41) is 23.1. The molecule has 32 heavy (non-hydrogen) atoms. The topological polar surface area (TPSA) is 152 Å². The van der Waals surface area contributed by atoms with Crippen LogP contribution in [0.5, 0.6) is 0 Å². The fourth-order valence-electron chi connectivity index (χ4n) is 2.42. The number of nitrogens with one attached hydrogen (secondary N) is 2. The highest BCUT2D eigenvalue weighted by molar-refractivity contribution is 7.99. The van der Waals surface area contributed by atoms with Crippen molar-refractivity contribution in [2.45, 2.75) is 26.6 Å². The van der Waals surface area contributed by atoms with Gasteiger partial charge >= 0.3 is 5.97 Å². The van der Waals surface area contributed by atoms with Gasteiger partial charge in [0.1, 0.15) is 28.7 Å². The molecular weight excluding hydrogens is 459 g/mol. The molecule has 0 aliphatic heterocycles. The van der Waals surface area contributed by atoms with Crippen molar-refractivity contribution in [3.05, 3.63) is 60.6 Å². The Hall–Kier alpha value is -3.78. The molecule has 0 saturated heterocycles. The Bertz CT molecular complexity index is 1250. The van der Waals surface area contributed by atoms with E-state index in [-0.39, 0.29) is 23.9 Å². The summed E-state index contributed by atoms with van der Waals surface area (Å²) < 4.78 is 14.4. The van der Waals surface area contributed by atoms with E-state index in [2.05, 4.69) is 35.6 Å². The van der Waals surface area contributed by atoms with Crippen molar-refractivity contribution in [1.82, 2.24) is 34.9 Å². The Balaban J connectivity index is 1.60. The molecule has 3 aromatic heterocycles. The molecule has 11 nitrogen and oxygen atoms in total. The molecule has 3 N–H and O–H groups in total. The average molecular weight is 472 g/mol. The van der Waals surface area contributed by atoms with Gasteiger partial charge in [0.2, 0.25) is 0 Å². The number of carbonyl (C=O) groups excluding carboxylic acids is 1. The minimum Gasteiger partial charge on any atom is -0.480 e. The van der Waals surface area contributed by atoms with E-state index in [0.717, 1.165) is 23.5 Å². The molecular formula is C18H13FN8O3S2. The van der Waals surface area contributed by atoms with Crippen LogP contribution in [0.1, 0.15) is 10.5 Å². The number of carboxylic acid groups (broad SMARTS) is 1. The quantitative estimate of drug-likeness (QED) is 0.349. The zero-order chi connectivity index (χ0) is 22.5. The van der Waals surface area contributed by atoms with Gasteiger partial charge in [-0.25, -0.2) is 19.3 Å². The zero-order valence-corrected chi connectivity index (χ0v) is 17.6. The van der Waals surface area contributed by atoms with Crippen LogP contribution in [0, 0.1) is 5.82 Å². The number of hydrogen-bond acceptors (Lipinski definition) is 9. The summed E-state index contributed by atoms with van der Waals surface area (Å²) in [6, 6.07) is 7.20. The smallest absolute Gasteiger partial charge is 0.325 e. The van der Waals surface area contributed by atoms with E-state index in [1.54, 1.807) is 12.1 Å². The molecule has 4 rings (SSSR count). The van der Waals surface area contributed by atoms with Crippen LogP contribution in [0.3, 0.4) is 0 Å². The van der Waals surface area contributed by atoms with Crippen LogP contribution < -0.4 is 5.32 Å². The largest absolute Gasteiger partial charge is 0.480 e. The molecule has 4 aromatic rings. The van der Waals surface area contributed by atoms with Gasteiger partial charge in [0.25, 0.3) is 5.91 Å². The fraction of sp³-hybridized carbons (Fsp3) is 0.0556. The lowest BCUT2D eigenvalue weighted by Gasteiger charge is -2.09. The maximum atomic E-state index is 13.2. The molecule has 0 bridgehead atoms. The molecule has 3 heterocycles. The summed E-state index contributed by atoms with van der Waals surface area (Å²) >= 11 is 2.28. The lowest BCUT2D eigenvalue weighted by Crippen LogP contribution is -2.17. The molecule has 0 saturated carbocycles. The molecule has 162 valence electrons. The van der Waals surface area contributed by atoms with E-state index in [4.69, 9.17) is 5.11 Å². The summed E-state index contributed by atoms with van der Waals surface area (Å²) in [6.07, 6.45) is 4.26. The van der Waals surface area contributed by atoms with E-state index >= 15 is 0 Å². The van der Waals surface area contributed by atoms with E-state index in [0.29, 0.717) is 20.1 Å². The molecule has 0 atom stereocenters. The molecule has 0 aliphatic rings. The second-order valence-corrected chi connectivity index (χ2v) is 8.13. The average Bonchev–Trinajstić information content (AvgIpc) is 3.42. The number of aromatic amines is 1. The van der Waals surface area contributed by atoms with Crippen LogP contribution in [0.15, 0.2) is 69.2 Å². The number of nitrogens with zero attached hydrogens (tertiary/aromatic N) is 6. The molecule has 0 unspecified atom stereocenters. The predicted molar refractivity (Wildman–Crippen MR) is 111 cm³/mol. The number of halogens is 1. The molecule has 14 heteroatoms. The van der Waals surface area contributed by atoms with E-state index in [1.807, 2.05) is 0 Å². The van der Waals surface area contributed by atoms with Gasteiger partial charge in [0, 0.05) is 17.2 Å². The Kier molecular flexibility index (Phi) is 6.42. The van der Waals surface area contributed by atoms with Crippen LogP contribution >= 0.6 is 23.5 Å². The monoisotopic (exact) mass is 472 g/mol. The van der Waals surface area contributed by atoms with Gasteiger partial charge in [-0.05, 0) is 36.0 Å². The first-order chi connectivity index (χ1) is 15.5. The van der Waals surface area contributed by atoms with Gasteiger partial charge in [-0.3, -0.25) is 19.4 Å². The van der Waals surface area contributed by atoms with Crippen LogP contribution in [-0.2, 0) is 11.3 Å². The summed E-state index contributed by atoms with van der Waals surface area (Å²) in [7, 11) is 0. The summed E-state index contributed by atoms with van der Waals surface area (Å²) in [6.45, 7) is -0.343. The molecule has 0 radical (unpaired) electrons. The normalized spacial score (nSPS) is 10.8. The number of H-pyrrole nitrogens is 1. The molecule has 1 amide bonds. The van der Waals surface area contributed by atoms with Gasteiger partial charge in [-0.2, -0.15) is 10.2 Å². The van der Waals surface area contributed by atoms with Crippen LogP contribution in [-0.4, -0.2) is 51.9 Å². The van der Waals surface area contributed by atoms with Crippen molar-refractivity contribution in [2.24, 2.45) is 0 Å². The number of carboxylic acids is 1. The van der Waals surface area contributed by atoms with E-state index in [9.17, 15) is 14.0 Å². The molecule has 0 fully saturated rings. The first-order valence-corrected chi connectivity index (χ1v) is 10.5. The second kappa shape index (κ2) is 9.57. The number of hydrogen-bond donors (Lipinski definition) is 3. The number of aromatic nitrogens is 7. The lowest BCUT2D eigenvalue weighted by atomic mass is 10.3. The third-order valence-electron chi connectivity index (χ3n) is 3.73. The minimum atomic E-state index is -1.06. The summed E-state index contributed by atoms with van der Waals surface area (Å²) in [5.74, 6) is -1.88. The van der Waals surface area contributed by atoms with Crippen molar-refractivity contribution in [3.63, 3.8) is 0 Å². The Labute approximate surface area is 187 Å². The van der Waals surface area contributed by atoms with Crippen molar-refractivity contribution >= 4 is 41.2 Å². The predicted octanol–water partition coefficient (Wildman–Crippen LogP) is 2.57. The summed E-state index contributed by atoms with van der Waals surface area (Å²) in [5.41, 5.74) is 0.0108. The van der Waals surface area contributed by atoms with Gasteiger partial charge in [0.05, 0.1) is 6.20 Å². The number of benzene rings is 1. The highest BCUT2D eigenvalue weighted by atomic mass is 32.2. The minimum absolute atomic E-state index is 0.0108. The van der Waals surface area contributed by atoms with Crippen LogP contribution in [0.2, 0.25) is 0 Å². The van der Waals surface area contributed by atoms with Crippen molar-refractivity contribution in [3.8, 4) is 0 Å². The molecule has 1 aromatic carbocycles. The van der Waals surface area contributed by atoms with Gasteiger partial charge in [-0.15, -0.1) is 0 Å². The van der Waals surface area contributed by atoms with Gasteiger partial charge in [0.15, 0.2) is 16.7 Å². The number of anilines is 1. The van der Waals surface area contributed by atoms with Gasteiger partial charge in [-0.1, -0.05) is 11.8 Å². The second-order valence-electron chi connectivity index (χ2n) is 6.06. The first-order valence-electron chi connectivity index (χ1n) is 8.86. The van der Waals surface area contributed by atoms with Crippen LogP contribution in [0.25, 0.3) is 0 Å². The third-order valence-corrected chi connectivity index (χ3v) is 5.53.